The Morgan fingerprint density at radius 3 is 2.82 bits per heavy atom. The van der Waals surface area contributed by atoms with Gasteiger partial charge < -0.3 is 11.1 Å². The summed E-state index contributed by atoms with van der Waals surface area (Å²) in [7, 11) is 0. The molecule has 4 nitrogen and oxygen atoms in total. The molecule has 0 aliphatic carbocycles. The fourth-order valence-electron chi connectivity index (χ4n) is 2.11. The van der Waals surface area contributed by atoms with Crippen LogP contribution in [0.5, 0.6) is 0 Å². The standard InChI is InChI=1S/C16H17N3OS2/c17-9-3-4-10-18-15(20)13-7-8-14(21-13)16-19-11-5-1-2-6-12(11)22-16/h1-2,5-8H,3-4,9-10,17H2,(H,18,20). The highest BCUT2D eigenvalue weighted by Crippen LogP contribution is 2.34. The predicted octanol–water partition coefficient (Wildman–Crippen LogP) is 3.49. The van der Waals surface area contributed by atoms with Crippen LogP contribution in [0.4, 0.5) is 0 Å². The first-order valence-electron chi connectivity index (χ1n) is 7.22. The molecule has 2 heterocycles. The molecular weight excluding hydrogens is 314 g/mol. The maximum absolute atomic E-state index is 12.1. The minimum atomic E-state index is -0.0191. The number of nitrogens with one attached hydrogen (secondary N) is 1. The van der Waals surface area contributed by atoms with E-state index in [-0.39, 0.29) is 5.91 Å². The average molecular weight is 331 g/mol. The van der Waals surface area contributed by atoms with Crippen LogP contribution >= 0.6 is 22.7 Å². The van der Waals surface area contributed by atoms with Gasteiger partial charge in [0.2, 0.25) is 0 Å². The second-order valence-electron chi connectivity index (χ2n) is 4.90. The molecule has 0 saturated heterocycles. The quantitative estimate of drug-likeness (QED) is 0.679. The number of fused-ring (bicyclic) bond motifs is 1. The predicted molar refractivity (Wildman–Crippen MR) is 93.6 cm³/mol. The van der Waals surface area contributed by atoms with Crippen molar-refractivity contribution in [2.45, 2.75) is 12.8 Å². The van der Waals surface area contributed by atoms with Gasteiger partial charge >= 0.3 is 0 Å². The Kier molecular flexibility index (Phi) is 4.82. The molecule has 0 unspecified atom stereocenters. The van der Waals surface area contributed by atoms with Gasteiger partial charge in [-0.25, -0.2) is 4.98 Å². The van der Waals surface area contributed by atoms with E-state index < -0.39 is 0 Å². The van der Waals surface area contributed by atoms with E-state index in [9.17, 15) is 4.79 Å². The zero-order chi connectivity index (χ0) is 15.4. The molecule has 3 aromatic rings. The normalized spacial score (nSPS) is 11.0. The van der Waals surface area contributed by atoms with Crippen molar-refractivity contribution in [1.29, 1.82) is 0 Å². The maximum atomic E-state index is 12.1. The van der Waals surface area contributed by atoms with Gasteiger partial charge in [0.05, 0.1) is 20.0 Å². The third-order valence-corrected chi connectivity index (χ3v) is 5.54. The van der Waals surface area contributed by atoms with Crippen LogP contribution in [0.25, 0.3) is 20.1 Å². The molecule has 114 valence electrons. The third kappa shape index (κ3) is 3.35. The van der Waals surface area contributed by atoms with Crippen molar-refractivity contribution < 1.29 is 4.79 Å². The van der Waals surface area contributed by atoms with E-state index in [0.29, 0.717) is 13.1 Å². The fourth-order valence-corrected chi connectivity index (χ4v) is 4.05. The van der Waals surface area contributed by atoms with Gasteiger partial charge in [0.1, 0.15) is 5.01 Å². The number of benzene rings is 1. The Balaban J connectivity index is 1.71. The summed E-state index contributed by atoms with van der Waals surface area (Å²) in [5, 5.41) is 3.89. The van der Waals surface area contributed by atoms with Crippen LogP contribution in [0.3, 0.4) is 0 Å². The van der Waals surface area contributed by atoms with Crippen molar-refractivity contribution in [1.82, 2.24) is 10.3 Å². The average Bonchev–Trinajstić information content (AvgIpc) is 3.17. The second kappa shape index (κ2) is 7.00. The number of carbonyl (C=O) groups is 1. The molecule has 0 saturated carbocycles. The molecule has 1 aromatic carbocycles. The van der Waals surface area contributed by atoms with Gasteiger partial charge in [-0.05, 0) is 43.7 Å². The number of amides is 1. The SMILES string of the molecule is NCCCCNC(=O)c1ccc(-c2nc3ccccc3s2)s1. The second-order valence-corrected chi connectivity index (χ2v) is 7.02. The molecule has 2 aromatic heterocycles. The summed E-state index contributed by atoms with van der Waals surface area (Å²) in [5.74, 6) is -0.0191. The van der Waals surface area contributed by atoms with Crippen LogP contribution in [0.1, 0.15) is 22.5 Å². The first-order chi connectivity index (χ1) is 10.8. The van der Waals surface area contributed by atoms with E-state index in [0.717, 1.165) is 33.1 Å². The first-order valence-corrected chi connectivity index (χ1v) is 8.85. The number of para-hydroxylation sites is 1. The lowest BCUT2D eigenvalue weighted by Crippen LogP contribution is -2.23. The Morgan fingerprint density at radius 2 is 2.00 bits per heavy atom. The topological polar surface area (TPSA) is 68.0 Å². The summed E-state index contributed by atoms with van der Waals surface area (Å²) in [5.41, 5.74) is 6.44. The Bertz CT molecular complexity index is 745. The number of nitrogens with zero attached hydrogens (tertiary/aromatic N) is 1. The van der Waals surface area contributed by atoms with E-state index in [2.05, 4.69) is 16.4 Å². The zero-order valence-electron chi connectivity index (χ0n) is 12.0. The number of thiophene rings is 1. The highest BCUT2D eigenvalue weighted by Gasteiger charge is 2.12. The number of nitrogens with two attached hydrogens (primary N) is 1. The smallest absolute Gasteiger partial charge is 0.261 e. The van der Waals surface area contributed by atoms with Crippen molar-refractivity contribution in [3.05, 3.63) is 41.3 Å². The first kappa shape index (κ1) is 15.1. The highest BCUT2D eigenvalue weighted by atomic mass is 32.1. The zero-order valence-corrected chi connectivity index (χ0v) is 13.7. The summed E-state index contributed by atoms with van der Waals surface area (Å²) < 4.78 is 1.17. The summed E-state index contributed by atoms with van der Waals surface area (Å²) in [6.07, 6.45) is 1.85. The van der Waals surface area contributed by atoms with Crippen LogP contribution in [0.15, 0.2) is 36.4 Å². The van der Waals surface area contributed by atoms with Crippen LogP contribution in [0.2, 0.25) is 0 Å². The summed E-state index contributed by atoms with van der Waals surface area (Å²) in [6.45, 7) is 1.33. The van der Waals surface area contributed by atoms with Gasteiger partial charge in [-0.2, -0.15) is 0 Å². The lowest BCUT2D eigenvalue weighted by molar-refractivity contribution is 0.0957. The maximum Gasteiger partial charge on any atom is 0.261 e. The Morgan fingerprint density at radius 1 is 1.14 bits per heavy atom. The van der Waals surface area contributed by atoms with Crippen LogP contribution in [-0.4, -0.2) is 24.0 Å². The van der Waals surface area contributed by atoms with E-state index in [1.807, 2.05) is 30.3 Å². The summed E-state index contributed by atoms with van der Waals surface area (Å²) >= 11 is 3.14. The molecule has 0 spiro atoms. The van der Waals surface area contributed by atoms with Gasteiger partial charge in [0, 0.05) is 6.54 Å². The van der Waals surface area contributed by atoms with Crippen molar-refractivity contribution in [3.8, 4) is 9.88 Å². The lowest BCUT2D eigenvalue weighted by atomic mass is 10.3. The van der Waals surface area contributed by atoms with Crippen LogP contribution in [0, 0.1) is 0 Å². The number of hydrogen-bond acceptors (Lipinski definition) is 5. The molecule has 6 heteroatoms. The molecule has 0 aliphatic rings. The van der Waals surface area contributed by atoms with Gasteiger partial charge in [0.25, 0.3) is 5.91 Å². The largest absolute Gasteiger partial charge is 0.351 e. The third-order valence-electron chi connectivity index (χ3n) is 3.25. The molecule has 22 heavy (non-hydrogen) atoms. The number of aromatic nitrogens is 1. The Hall–Kier alpha value is -1.76. The van der Waals surface area contributed by atoms with Gasteiger partial charge in [-0.3, -0.25) is 4.79 Å². The molecular formula is C16H17N3OS2. The highest BCUT2D eigenvalue weighted by molar-refractivity contribution is 7.26. The van der Waals surface area contributed by atoms with E-state index in [1.54, 1.807) is 11.3 Å². The molecule has 1 amide bonds. The van der Waals surface area contributed by atoms with Gasteiger partial charge in [-0.1, -0.05) is 12.1 Å². The molecule has 0 atom stereocenters. The van der Waals surface area contributed by atoms with E-state index in [1.165, 1.54) is 16.0 Å². The number of unbranched alkanes of at least 4 members (excludes halogenated alkanes) is 1. The number of rotatable bonds is 6. The van der Waals surface area contributed by atoms with Crippen molar-refractivity contribution in [2.75, 3.05) is 13.1 Å². The molecule has 0 radical (unpaired) electrons. The van der Waals surface area contributed by atoms with Crippen molar-refractivity contribution in [2.24, 2.45) is 5.73 Å². The number of carbonyl (C=O) groups excluding carboxylic acids is 1. The van der Waals surface area contributed by atoms with E-state index >= 15 is 0 Å². The number of hydrogen-bond donors (Lipinski definition) is 2. The minimum Gasteiger partial charge on any atom is -0.351 e. The summed E-state index contributed by atoms with van der Waals surface area (Å²) in [6, 6.07) is 11.9. The fraction of sp³-hybridized carbons (Fsp3) is 0.250. The number of thiazole rings is 1. The Labute approximate surface area is 137 Å². The van der Waals surface area contributed by atoms with Gasteiger partial charge in [-0.15, -0.1) is 22.7 Å². The van der Waals surface area contributed by atoms with Crippen molar-refractivity contribution in [3.63, 3.8) is 0 Å². The minimum absolute atomic E-state index is 0.0191. The van der Waals surface area contributed by atoms with Gasteiger partial charge in [0.15, 0.2) is 0 Å². The summed E-state index contributed by atoms with van der Waals surface area (Å²) in [4.78, 5) is 18.5. The molecule has 0 bridgehead atoms. The van der Waals surface area contributed by atoms with Crippen LogP contribution in [-0.2, 0) is 0 Å². The monoisotopic (exact) mass is 331 g/mol. The van der Waals surface area contributed by atoms with E-state index in [4.69, 9.17) is 5.73 Å². The molecule has 3 rings (SSSR count). The molecule has 3 N–H and O–H groups in total. The lowest BCUT2D eigenvalue weighted by Gasteiger charge is -2.01. The van der Waals surface area contributed by atoms with Crippen LogP contribution < -0.4 is 11.1 Å². The molecule has 0 fully saturated rings. The molecule has 0 aliphatic heterocycles. The van der Waals surface area contributed by atoms with Crippen molar-refractivity contribution >= 4 is 38.8 Å².